The topological polar surface area (TPSA) is 92.3 Å². The third kappa shape index (κ3) is 3.08. The Kier molecular flexibility index (Phi) is 4.20. The molecule has 3 rings (SSSR count). The Hall–Kier alpha value is -3.28. The molecular weight excluding hydrogens is 308 g/mol. The Morgan fingerprint density at radius 3 is 2.42 bits per heavy atom. The molecule has 6 nitrogen and oxygen atoms in total. The molecule has 0 saturated carbocycles. The average molecular weight is 322 g/mol. The number of amides is 3. The van der Waals surface area contributed by atoms with Gasteiger partial charge in [-0.2, -0.15) is 0 Å². The zero-order valence-corrected chi connectivity index (χ0v) is 12.7. The van der Waals surface area contributed by atoms with Crippen LogP contribution in [0.4, 0.5) is 5.69 Å². The molecule has 1 aliphatic heterocycles. The van der Waals surface area contributed by atoms with Gasteiger partial charge in [0.15, 0.2) is 0 Å². The van der Waals surface area contributed by atoms with Crippen LogP contribution >= 0.6 is 0 Å². The minimum absolute atomic E-state index is 0.0562. The number of nitrogens with one attached hydrogen (secondary N) is 2. The van der Waals surface area contributed by atoms with E-state index < -0.39 is 17.6 Å². The van der Waals surface area contributed by atoms with Gasteiger partial charge in [-0.3, -0.25) is 24.5 Å². The summed E-state index contributed by atoms with van der Waals surface area (Å²) in [5.41, 5.74) is 1.23. The molecule has 0 bridgehead atoms. The van der Waals surface area contributed by atoms with Crippen LogP contribution in [0.2, 0.25) is 0 Å². The van der Waals surface area contributed by atoms with E-state index in [1.807, 2.05) is 35.6 Å². The van der Waals surface area contributed by atoms with E-state index in [9.17, 15) is 19.2 Å². The molecule has 2 N–H and O–H groups in total. The van der Waals surface area contributed by atoms with Gasteiger partial charge in [-0.25, -0.2) is 0 Å². The molecule has 120 valence electrons. The summed E-state index contributed by atoms with van der Waals surface area (Å²) in [7, 11) is 0. The fourth-order valence-electron chi connectivity index (χ4n) is 2.55. The van der Waals surface area contributed by atoms with E-state index in [1.54, 1.807) is 6.07 Å². The molecular formula is C18H14N2O4. The molecule has 0 radical (unpaired) electrons. The molecule has 6 heteroatoms. The number of anilines is 1. The fourth-order valence-corrected chi connectivity index (χ4v) is 2.55. The second-order valence-corrected chi connectivity index (χ2v) is 5.37. The fraction of sp³-hybridized carbons (Fsp3) is 0.111. The second kappa shape index (κ2) is 6.45. The zero-order chi connectivity index (χ0) is 17.1. The van der Waals surface area contributed by atoms with Crippen molar-refractivity contribution in [2.75, 3.05) is 5.32 Å². The van der Waals surface area contributed by atoms with E-state index in [0.29, 0.717) is 6.42 Å². The van der Waals surface area contributed by atoms with Crippen molar-refractivity contribution < 1.29 is 19.2 Å². The maximum Gasteiger partial charge on any atom is 0.299 e. The molecule has 1 heterocycles. The summed E-state index contributed by atoms with van der Waals surface area (Å²) in [6.07, 6.45) is 0.775. The third-order valence-corrected chi connectivity index (χ3v) is 3.73. The number of fused-ring (bicyclic) bond motifs is 1. The smallest absolute Gasteiger partial charge is 0.299 e. The van der Waals surface area contributed by atoms with E-state index >= 15 is 0 Å². The monoisotopic (exact) mass is 322 g/mol. The summed E-state index contributed by atoms with van der Waals surface area (Å²) in [6.45, 7) is 0. The number of benzene rings is 2. The molecule has 1 aliphatic rings. The molecule has 0 aromatic heterocycles. The van der Waals surface area contributed by atoms with Crippen LogP contribution in [0.1, 0.15) is 32.7 Å². The molecule has 24 heavy (non-hydrogen) atoms. The quantitative estimate of drug-likeness (QED) is 0.662. The predicted molar refractivity (Wildman–Crippen MR) is 86.6 cm³/mol. The Morgan fingerprint density at radius 1 is 0.917 bits per heavy atom. The maximum atomic E-state index is 12.1. The van der Waals surface area contributed by atoms with Gasteiger partial charge in [0, 0.05) is 6.42 Å². The summed E-state index contributed by atoms with van der Waals surface area (Å²) < 4.78 is 0. The number of carbonyl (C=O) groups is 4. The van der Waals surface area contributed by atoms with Crippen LogP contribution in [0.25, 0.3) is 0 Å². The number of hydrogen-bond acceptors (Lipinski definition) is 4. The van der Waals surface area contributed by atoms with Crippen molar-refractivity contribution in [1.29, 1.82) is 0 Å². The zero-order valence-electron chi connectivity index (χ0n) is 12.7. The van der Waals surface area contributed by atoms with E-state index in [-0.39, 0.29) is 29.1 Å². The standard InChI is InChI=1S/C18H14N2O4/c21-14(10-9-11-5-2-1-3-6-11)19-13-8-4-7-12-15(13)16(22)18(24)20-17(12)23/h1-8H,9-10H2,(H,19,21)(H,20,23,24). The van der Waals surface area contributed by atoms with Gasteiger partial charge in [-0.1, -0.05) is 36.4 Å². The number of aryl methyl sites for hydroxylation is 1. The first-order valence-corrected chi connectivity index (χ1v) is 7.43. The van der Waals surface area contributed by atoms with E-state index in [2.05, 4.69) is 5.32 Å². The van der Waals surface area contributed by atoms with E-state index in [0.717, 1.165) is 5.56 Å². The first kappa shape index (κ1) is 15.6. The second-order valence-electron chi connectivity index (χ2n) is 5.37. The van der Waals surface area contributed by atoms with E-state index in [1.165, 1.54) is 12.1 Å². The minimum Gasteiger partial charge on any atom is -0.325 e. The Bertz CT molecular complexity index is 843. The lowest BCUT2D eigenvalue weighted by Crippen LogP contribution is -2.42. The van der Waals surface area contributed by atoms with Gasteiger partial charge in [-0.05, 0) is 24.1 Å². The number of Topliss-reactive ketones (excluding diaryl/α,β-unsaturated/α-hetero) is 1. The van der Waals surface area contributed by atoms with Crippen molar-refractivity contribution in [3.05, 3.63) is 65.2 Å². The van der Waals surface area contributed by atoms with Crippen molar-refractivity contribution >= 4 is 29.2 Å². The van der Waals surface area contributed by atoms with Crippen molar-refractivity contribution in [2.45, 2.75) is 12.8 Å². The largest absolute Gasteiger partial charge is 0.325 e. The van der Waals surface area contributed by atoms with Crippen LogP contribution < -0.4 is 10.6 Å². The highest BCUT2D eigenvalue weighted by Crippen LogP contribution is 2.24. The third-order valence-electron chi connectivity index (χ3n) is 3.73. The molecule has 0 unspecified atom stereocenters. The molecule has 2 aromatic carbocycles. The number of hydrogen-bond donors (Lipinski definition) is 2. The molecule has 2 aromatic rings. The van der Waals surface area contributed by atoms with Gasteiger partial charge >= 0.3 is 0 Å². The van der Waals surface area contributed by atoms with Gasteiger partial charge < -0.3 is 5.32 Å². The highest BCUT2D eigenvalue weighted by Gasteiger charge is 2.32. The lowest BCUT2D eigenvalue weighted by molar-refractivity contribution is -0.117. The van der Waals surface area contributed by atoms with Crippen LogP contribution in [0.15, 0.2) is 48.5 Å². The average Bonchev–Trinajstić information content (AvgIpc) is 2.59. The van der Waals surface area contributed by atoms with E-state index in [4.69, 9.17) is 0 Å². The highest BCUT2D eigenvalue weighted by atomic mass is 16.2. The van der Waals surface area contributed by atoms with Gasteiger partial charge in [0.05, 0.1) is 16.8 Å². The van der Waals surface area contributed by atoms with Crippen molar-refractivity contribution in [2.24, 2.45) is 0 Å². The molecule has 3 amide bonds. The van der Waals surface area contributed by atoms with Crippen molar-refractivity contribution in [1.82, 2.24) is 5.32 Å². The lowest BCUT2D eigenvalue weighted by atomic mass is 9.96. The maximum absolute atomic E-state index is 12.1. The summed E-state index contributed by atoms with van der Waals surface area (Å²) >= 11 is 0. The van der Waals surface area contributed by atoms with Crippen LogP contribution in [-0.2, 0) is 16.0 Å². The van der Waals surface area contributed by atoms with Crippen LogP contribution in [0, 0.1) is 0 Å². The minimum atomic E-state index is -0.988. The summed E-state index contributed by atoms with van der Waals surface area (Å²) in [5.74, 6) is -2.75. The van der Waals surface area contributed by atoms with Crippen LogP contribution in [0.3, 0.4) is 0 Å². The lowest BCUT2D eigenvalue weighted by Gasteiger charge is -2.17. The molecule has 0 saturated heterocycles. The van der Waals surface area contributed by atoms with Crippen molar-refractivity contribution in [3.63, 3.8) is 0 Å². The SMILES string of the molecule is O=C(CCc1ccccc1)Nc1cccc2c1C(=O)C(=O)NC2=O. The number of carbonyl (C=O) groups excluding carboxylic acids is 4. The highest BCUT2D eigenvalue weighted by molar-refractivity contribution is 6.50. The first-order chi connectivity index (χ1) is 11.6. The Balaban J connectivity index is 1.77. The summed E-state index contributed by atoms with van der Waals surface area (Å²) in [6, 6.07) is 14.0. The molecule has 0 fully saturated rings. The Morgan fingerprint density at radius 2 is 1.67 bits per heavy atom. The van der Waals surface area contributed by atoms with Gasteiger partial charge in [0.25, 0.3) is 17.6 Å². The molecule has 0 spiro atoms. The van der Waals surface area contributed by atoms with Crippen molar-refractivity contribution in [3.8, 4) is 0 Å². The first-order valence-electron chi connectivity index (χ1n) is 7.43. The predicted octanol–water partition coefficient (Wildman–Crippen LogP) is 1.71. The van der Waals surface area contributed by atoms with Crippen LogP contribution in [0.5, 0.6) is 0 Å². The Labute approximate surface area is 137 Å². The van der Waals surface area contributed by atoms with Gasteiger partial charge in [0.2, 0.25) is 5.91 Å². The number of ketones is 1. The molecule has 0 atom stereocenters. The summed E-state index contributed by atoms with van der Waals surface area (Å²) in [4.78, 5) is 47.5. The number of imide groups is 1. The normalized spacial score (nSPS) is 13.2. The van der Waals surface area contributed by atoms with Crippen LogP contribution in [-0.4, -0.2) is 23.5 Å². The summed E-state index contributed by atoms with van der Waals surface area (Å²) in [5, 5.41) is 4.59. The van der Waals surface area contributed by atoms with Gasteiger partial charge in [-0.15, -0.1) is 0 Å². The molecule has 0 aliphatic carbocycles. The number of rotatable bonds is 4. The van der Waals surface area contributed by atoms with Gasteiger partial charge in [0.1, 0.15) is 0 Å².